The highest BCUT2D eigenvalue weighted by Crippen LogP contribution is 2.24. The molecule has 0 aliphatic rings. The number of benzene rings is 1. The molecule has 1 aromatic rings. The van der Waals surface area contributed by atoms with Crippen LogP contribution in [-0.4, -0.2) is 20.8 Å². The van der Waals surface area contributed by atoms with Crippen LogP contribution in [-0.2, 0) is 0 Å². The minimum absolute atomic E-state index is 0.181. The largest absolute Gasteiger partial charge is 0.497 e. The van der Waals surface area contributed by atoms with Gasteiger partial charge in [-0.2, -0.15) is 0 Å². The highest BCUT2D eigenvalue weighted by atomic mass is 16.5. The molecule has 4 heteroatoms. The third kappa shape index (κ3) is 2.37. The van der Waals surface area contributed by atoms with Crippen molar-refractivity contribution in [3.05, 3.63) is 23.8 Å². The number of hydrogen-bond acceptors (Lipinski definition) is 4. The first-order chi connectivity index (χ1) is 6.71. The Morgan fingerprint density at radius 1 is 1.14 bits per heavy atom. The van der Waals surface area contributed by atoms with Crippen molar-refractivity contribution in [1.29, 1.82) is 0 Å². The summed E-state index contributed by atoms with van der Waals surface area (Å²) in [4.78, 5) is 0. The van der Waals surface area contributed by atoms with Gasteiger partial charge in [-0.15, -0.1) is 0 Å². The molecule has 1 atom stereocenters. The Labute approximate surface area is 83.8 Å². The Kier molecular flexibility index (Phi) is 3.73. The van der Waals surface area contributed by atoms with Gasteiger partial charge in [-0.3, -0.25) is 0 Å². The van der Waals surface area contributed by atoms with Gasteiger partial charge in [0, 0.05) is 18.7 Å². The molecule has 0 unspecified atom stereocenters. The second-order valence-corrected chi connectivity index (χ2v) is 2.99. The van der Waals surface area contributed by atoms with Crippen LogP contribution >= 0.6 is 0 Å². The molecule has 0 spiro atoms. The van der Waals surface area contributed by atoms with E-state index in [4.69, 9.17) is 20.9 Å². The van der Waals surface area contributed by atoms with Crippen molar-refractivity contribution in [3.8, 4) is 11.5 Å². The third-order valence-electron chi connectivity index (χ3n) is 2.06. The minimum atomic E-state index is -0.181. The van der Waals surface area contributed by atoms with E-state index in [9.17, 15) is 0 Å². The predicted octanol–water partition coefficient (Wildman–Crippen LogP) is 0.662. The average Bonchev–Trinajstić information content (AvgIpc) is 2.27. The van der Waals surface area contributed by atoms with Crippen molar-refractivity contribution in [2.45, 2.75) is 6.04 Å². The fraction of sp³-hybridized carbons (Fsp3) is 0.400. The Morgan fingerprint density at radius 3 is 2.00 bits per heavy atom. The van der Waals surface area contributed by atoms with Crippen LogP contribution in [0.2, 0.25) is 0 Å². The summed E-state index contributed by atoms with van der Waals surface area (Å²) in [5, 5.41) is 0. The molecule has 0 radical (unpaired) electrons. The van der Waals surface area contributed by atoms with Crippen LogP contribution < -0.4 is 20.9 Å². The lowest BCUT2D eigenvalue weighted by molar-refractivity contribution is 0.392. The first-order valence-corrected chi connectivity index (χ1v) is 4.40. The molecule has 0 aliphatic carbocycles. The summed E-state index contributed by atoms with van der Waals surface area (Å²) in [5.74, 6) is 1.45. The molecule has 0 amide bonds. The SMILES string of the molecule is COc1cc(OC)cc([C@H](N)CN)c1. The third-order valence-corrected chi connectivity index (χ3v) is 2.06. The van der Waals surface area contributed by atoms with Gasteiger partial charge in [0.25, 0.3) is 0 Å². The Balaban J connectivity index is 3.04. The quantitative estimate of drug-likeness (QED) is 0.742. The van der Waals surface area contributed by atoms with E-state index in [2.05, 4.69) is 0 Å². The van der Waals surface area contributed by atoms with E-state index in [0.29, 0.717) is 6.54 Å². The molecular formula is C10H16N2O2. The van der Waals surface area contributed by atoms with E-state index in [1.807, 2.05) is 12.1 Å². The molecule has 4 nitrogen and oxygen atoms in total. The van der Waals surface area contributed by atoms with Crippen molar-refractivity contribution in [1.82, 2.24) is 0 Å². The molecule has 0 heterocycles. The van der Waals surface area contributed by atoms with Crippen molar-refractivity contribution < 1.29 is 9.47 Å². The van der Waals surface area contributed by atoms with E-state index < -0.39 is 0 Å². The molecule has 78 valence electrons. The van der Waals surface area contributed by atoms with E-state index >= 15 is 0 Å². The van der Waals surface area contributed by atoms with Crippen LogP contribution in [0.3, 0.4) is 0 Å². The van der Waals surface area contributed by atoms with Gasteiger partial charge in [-0.1, -0.05) is 0 Å². The molecule has 0 saturated heterocycles. The van der Waals surface area contributed by atoms with Crippen molar-refractivity contribution in [2.24, 2.45) is 11.5 Å². The fourth-order valence-corrected chi connectivity index (χ4v) is 1.18. The summed E-state index contributed by atoms with van der Waals surface area (Å²) < 4.78 is 10.2. The van der Waals surface area contributed by atoms with Gasteiger partial charge < -0.3 is 20.9 Å². The first-order valence-electron chi connectivity index (χ1n) is 4.40. The predicted molar refractivity (Wildman–Crippen MR) is 55.5 cm³/mol. The summed E-state index contributed by atoms with van der Waals surface area (Å²) in [7, 11) is 3.21. The summed E-state index contributed by atoms with van der Waals surface area (Å²) in [6, 6.07) is 5.34. The van der Waals surface area contributed by atoms with E-state index in [1.165, 1.54) is 0 Å². The van der Waals surface area contributed by atoms with Crippen LogP contribution in [0.25, 0.3) is 0 Å². The molecule has 0 fully saturated rings. The van der Waals surface area contributed by atoms with E-state index in [-0.39, 0.29) is 6.04 Å². The zero-order valence-corrected chi connectivity index (χ0v) is 8.49. The van der Waals surface area contributed by atoms with Crippen LogP contribution in [0.5, 0.6) is 11.5 Å². The average molecular weight is 196 g/mol. The Morgan fingerprint density at radius 2 is 1.64 bits per heavy atom. The fourth-order valence-electron chi connectivity index (χ4n) is 1.18. The molecule has 0 saturated carbocycles. The normalized spacial score (nSPS) is 12.3. The van der Waals surface area contributed by atoms with Gasteiger partial charge in [0.15, 0.2) is 0 Å². The molecule has 4 N–H and O–H groups in total. The number of methoxy groups -OCH3 is 2. The molecular weight excluding hydrogens is 180 g/mol. The number of rotatable bonds is 4. The van der Waals surface area contributed by atoms with E-state index in [1.54, 1.807) is 20.3 Å². The van der Waals surface area contributed by atoms with Crippen molar-refractivity contribution in [2.75, 3.05) is 20.8 Å². The maximum Gasteiger partial charge on any atom is 0.122 e. The van der Waals surface area contributed by atoms with Gasteiger partial charge >= 0.3 is 0 Å². The van der Waals surface area contributed by atoms with Crippen molar-refractivity contribution in [3.63, 3.8) is 0 Å². The monoisotopic (exact) mass is 196 g/mol. The van der Waals surface area contributed by atoms with Gasteiger partial charge in [0.1, 0.15) is 11.5 Å². The van der Waals surface area contributed by atoms with Gasteiger partial charge in [-0.25, -0.2) is 0 Å². The highest BCUT2D eigenvalue weighted by molar-refractivity contribution is 5.39. The zero-order valence-electron chi connectivity index (χ0n) is 8.49. The maximum absolute atomic E-state index is 5.81. The summed E-state index contributed by atoms with van der Waals surface area (Å²) in [5.41, 5.74) is 12.2. The Bertz CT molecular complexity index is 280. The molecule has 14 heavy (non-hydrogen) atoms. The zero-order chi connectivity index (χ0) is 10.6. The number of hydrogen-bond donors (Lipinski definition) is 2. The Hall–Kier alpha value is -1.26. The second kappa shape index (κ2) is 4.83. The van der Waals surface area contributed by atoms with Gasteiger partial charge in [0.05, 0.1) is 14.2 Å². The number of nitrogens with two attached hydrogens (primary N) is 2. The molecule has 0 aromatic heterocycles. The first kappa shape index (κ1) is 10.8. The highest BCUT2D eigenvalue weighted by Gasteiger charge is 2.07. The van der Waals surface area contributed by atoms with Crippen molar-refractivity contribution >= 4 is 0 Å². The lowest BCUT2D eigenvalue weighted by atomic mass is 10.1. The molecule has 0 bridgehead atoms. The molecule has 1 rings (SSSR count). The van der Waals surface area contributed by atoms with E-state index in [0.717, 1.165) is 17.1 Å². The number of ether oxygens (including phenoxy) is 2. The maximum atomic E-state index is 5.81. The molecule has 0 aliphatic heterocycles. The lowest BCUT2D eigenvalue weighted by Crippen LogP contribution is -2.20. The topological polar surface area (TPSA) is 70.5 Å². The lowest BCUT2D eigenvalue weighted by Gasteiger charge is -2.12. The standard InChI is InChI=1S/C10H16N2O2/c1-13-8-3-7(10(12)6-11)4-9(5-8)14-2/h3-5,10H,6,11-12H2,1-2H3/t10-/m1/s1. The van der Waals surface area contributed by atoms with Crippen LogP contribution in [0.1, 0.15) is 11.6 Å². The van der Waals surface area contributed by atoms with Crippen LogP contribution in [0.4, 0.5) is 0 Å². The van der Waals surface area contributed by atoms with Crippen LogP contribution in [0.15, 0.2) is 18.2 Å². The molecule has 1 aromatic carbocycles. The van der Waals surface area contributed by atoms with Gasteiger partial charge in [0.2, 0.25) is 0 Å². The summed E-state index contributed by atoms with van der Waals surface area (Å²) in [6.45, 7) is 0.399. The minimum Gasteiger partial charge on any atom is -0.497 e. The van der Waals surface area contributed by atoms with Crippen LogP contribution in [0, 0.1) is 0 Å². The summed E-state index contributed by atoms with van der Waals surface area (Å²) >= 11 is 0. The van der Waals surface area contributed by atoms with Gasteiger partial charge in [-0.05, 0) is 17.7 Å². The second-order valence-electron chi connectivity index (χ2n) is 2.99. The smallest absolute Gasteiger partial charge is 0.122 e. The summed E-state index contributed by atoms with van der Waals surface area (Å²) in [6.07, 6.45) is 0.